The summed E-state index contributed by atoms with van der Waals surface area (Å²) in [5, 5.41) is 27.1. The van der Waals surface area contributed by atoms with E-state index < -0.39 is 28.9 Å². The molecule has 50 heavy (non-hydrogen) atoms. The van der Waals surface area contributed by atoms with Crippen LogP contribution in [0.25, 0.3) is 0 Å². The second-order valence-corrected chi connectivity index (χ2v) is 19.9. The van der Waals surface area contributed by atoms with Gasteiger partial charge < -0.3 is 20.3 Å². The van der Waals surface area contributed by atoms with Crippen molar-refractivity contribution in [2.45, 2.75) is 145 Å². The van der Waals surface area contributed by atoms with Crippen LogP contribution in [0, 0.1) is 56.2 Å². The van der Waals surface area contributed by atoms with E-state index in [1.165, 1.54) is 5.57 Å². The number of aliphatic carboxylic acids is 1. The van der Waals surface area contributed by atoms with Crippen molar-refractivity contribution in [1.29, 1.82) is 0 Å². The number of carboxylic acid groups (broad SMARTS) is 1. The first kappa shape index (κ1) is 37.7. The number of rotatable bonds is 10. The van der Waals surface area contributed by atoms with Crippen molar-refractivity contribution in [3.63, 3.8) is 0 Å². The van der Waals surface area contributed by atoms with Gasteiger partial charge in [-0.05, 0) is 111 Å². The zero-order valence-electron chi connectivity index (χ0n) is 32.0. The molecule has 3 N–H and O–H groups in total. The van der Waals surface area contributed by atoms with Gasteiger partial charge in [0.05, 0.1) is 29.1 Å². The van der Waals surface area contributed by atoms with Crippen LogP contribution in [0.2, 0.25) is 0 Å². The zero-order valence-corrected chi connectivity index (χ0v) is 32.8. The Hall–Kier alpha value is -2.10. The number of aromatic nitrogens is 1. The normalized spacial score (nSPS) is 38.6. The molecule has 9 heteroatoms. The van der Waals surface area contributed by atoms with Crippen LogP contribution in [0.3, 0.4) is 0 Å². The SMILES string of the molecule is CC(C)C1=C2[C@H]3CC[C@@H]4[C@@]5(C)CC[C@H](OC(=O)CC(C)(C)C(=O)O)C(C)(C)C5CC[C@@]4(C)[C@]3(C)CC[C@@]2([C@@H](O)CNCc2cscn2)CC1=O. The van der Waals surface area contributed by atoms with Gasteiger partial charge in [-0.1, -0.05) is 54.0 Å². The first-order valence-corrected chi connectivity index (χ1v) is 20.2. The minimum Gasteiger partial charge on any atom is -0.481 e. The highest BCUT2D eigenvalue weighted by molar-refractivity contribution is 7.07. The first-order valence-electron chi connectivity index (χ1n) is 19.2. The molecular weight excluding hydrogens is 649 g/mol. The number of thiazole rings is 1. The minimum atomic E-state index is -1.16. The number of allylic oxidation sites excluding steroid dienone is 1. The molecule has 0 radical (unpaired) electrons. The Labute approximate surface area is 303 Å². The molecule has 1 aromatic heterocycles. The van der Waals surface area contributed by atoms with Crippen LogP contribution < -0.4 is 5.32 Å². The second kappa shape index (κ2) is 12.8. The fraction of sp³-hybridized carbons (Fsp3) is 0.805. The summed E-state index contributed by atoms with van der Waals surface area (Å²) in [6.45, 7) is 20.7. The molecule has 8 nitrogen and oxygen atoms in total. The van der Waals surface area contributed by atoms with E-state index in [1.807, 2.05) is 10.9 Å². The maximum Gasteiger partial charge on any atom is 0.309 e. The number of carbonyl (C=O) groups excluding carboxylic acids is 2. The Morgan fingerprint density at radius 3 is 2.38 bits per heavy atom. The summed E-state index contributed by atoms with van der Waals surface area (Å²) in [7, 11) is 0. The molecule has 4 saturated carbocycles. The third kappa shape index (κ3) is 5.66. The predicted molar refractivity (Wildman–Crippen MR) is 195 cm³/mol. The average molecular weight is 711 g/mol. The third-order valence-corrected chi connectivity index (χ3v) is 16.3. The summed E-state index contributed by atoms with van der Waals surface area (Å²) in [6, 6.07) is 0. The lowest BCUT2D eigenvalue weighted by Gasteiger charge is -2.72. The van der Waals surface area contributed by atoms with Gasteiger partial charge in [-0.15, -0.1) is 11.3 Å². The standard InChI is InChI=1S/C41H62N2O6S/c1-24(2)33-27(44)18-41(30(45)21-42-20-25-22-50-23-43-25)17-16-39(8)26(34(33)41)10-11-29-38(7)14-13-31(49-32(46)19-36(3,4)35(47)48)37(5,6)28(38)12-15-40(29,39)9/h22-24,26,28-31,42,45H,10-21H2,1-9H3,(H,47,48)/t26-,28?,29-,30+,31+,38+,39-,40-,41+/m1/s1. The topological polar surface area (TPSA) is 126 Å². The smallest absolute Gasteiger partial charge is 0.309 e. The summed E-state index contributed by atoms with van der Waals surface area (Å²) in [4.78, 5) is 43.1. The molecule has 1 unspecified atom stereocenters. The number of fused-ring (bicyclic) bond motifs is 7. The van der Waals surface area contributed by atoms with Crippen molar-refractivity contribution in [1.82, 2.24) is 10.3 Å². The Morgan fingerprint density at radius 2 is 1.74 bits per heavy atom. The van der Waals surface area contributed by atoms with Crippen LogP contribution in [0.15, 0.2) is 22.0 Å². The number of aliphatic hydroxyl groups is 1. The highest BCUT2D eigenvalue weighted by Crippen LogP contribution is 2.77. The summed E-state index contributed by atoms with van der Waals surface area (Å²) < 4.78 is 6.16. The number of esters is 1. The van der Waals surface area contributed by atoms with Crippen molar-refractivity contribution in [3.05, 3.63) is 27.7 Å². The number of carboxylic acids is 1. The van der Waals surface area contributed by atoms with Crippen LogP contribution in [0.1, 0.15) is 132 Å². The van der Waals surface area contributed by atoms with Crippen LogP contribution in [-0.4, -0.2) is 51.7 Å². The highest BCUT2D eigenvalue weighted by Gasteiger charge is 2.70. The van der Waals surface area contributed by atoms with Gasteiger partial charge in [0.1, 0.15) is 6.10 Å². The van der Waals surface area contributed by atoms with Crippen molar-refractivity contribution in [2.75, 3.05) is 6.54 Å². The Morgan fingerprint density at radius 1 is 1.02 bits per heavy atom. The number of ketones is 1. The molecule has 0 bridgehead atoms. The lowest BCUT2D eigenvalue weighted by atomic mass is 9.33. The van der Waals surface area contributed by atoms with Gasteiger partial charge in [0.15, 0.2) is 5.78 Å². The Kier molecular flexibility index (Phi) is 9.63. The van der Waals surface area contributed by atoms with E-state index in [2.05, 4.69) is 58.8 Å². The van der Waals surface area contributed by atoms with Gasteiger partial charge >= 0.3 is 11.9 Å². The molecule has 0 spiro atoms. The number of hydrogen-bond acceptors (Lipinski definition) is 8. The van der Waals surface area contributed by atoms with E-state index in [9.17, 15) is 24.6 Å². The first-order chi connectivity index (χ1) is 23.2. The number of ether oxygens (including phenoxy) is 1. The molecule has 9 atom stereocenters. The van der Waals surface area contributed by atoms with Crippen molar-refractivity contribution >= 4 is 29.1 Å². The van der Waals surface area contributed by atoms with Crippen LogP contribution >= 0.6 is 11.3 Å². The lowest BCUT2D eigenvalue weighted by Crippen LogP contribution is -2.66. The Bertz CT molecular complexity index is 1530. The molecule has 278 valence electrons. The van der Waals surface area contributed by atoms with Crippen LogP contribution in [0.5, 0.6) is 0 Å². The van der Waals surface area contributed by atoms with E-state index in [0.717, 1.165) is 62.6 Å². The van der Waals surface area contributed by atoms with Gasteiger partial charge in [0.2, 0.25) is 0 Å². The molecule has 5 aliphatic carbocycles. The van der Waals surface area contributed by atoms with Crippen molar-refractivity contribution in [2.24, 2.45) is 56.2 Å². The monoisotopic (exact) mass is 710 g/mol. The van der Waals surface area contributed by atoms with E-state index in [0.29, 0.717) is 31.3 Å². The summed E-state index contributed by atoms with van der Waals surface area (Å²) in [5.41, 5.74) is 3.31. The van der Waals surface area contributed by atoms with E-state index in [4.69, 9.17) is 4.74 Å². The van der Waals surface area contributed by atoms with Gasteiger partial charge in [0.25, 0.3) is 0 Å². The lowest BCUT2D eigenvalue weighted by molar-refractivity contribution is -0.235. The summed E-state index contributed by atoms with van der Waals surface area (Å²) >= 11 is 1.57. The van der Waals surface area contributed by atoms with Crippen LogP contribution in [-0.2, 0) is 25.7 Å². The number of Topliss-reactive ketones (excluding diaryl/α,β-unsaturated/α-hetero) is 1. The Balaban J connectivity index is 1.27. The number of hydrogen-bond donors (Lipinski definition) is 3. The van der Waals surface area contributed by atoms with Crippen molar-refractivity contribution in [3.8, 4) is 0 Å². The van der Waals surface area contributed by atoms with Gasteiger partial charge in [0, 0.05) is 35.7 Å². The molecule has 1 heterocycles. The number of nitrogens with one attached hydrogen (secondary N) is 1. The summed E-state index contributed by atoms with van der Waals surface area (Å²) in [6.07, 6.45) is 7.26. The molecule has 5 aliphatic rings. The molecule has 0 aliphatic heterocycles. The minimum absolute atomic E-state index is 0.00287. The molecule has 0 saturated heterocycles. The van der Waals surface area contributed by atoms with Gasteiger partial charge in [-0.3, -0.25) is 14.4 Å². The molecule has 0 aromatic carbocycles. The molecule has 1 aromatic rings. The van der Waals surface area contributed by atoms with E-state index in [1.54, 1.807) is 25.2 Å². The zero-order chi connectivity index (χ0) is 36.7. The third-order valence-electron chi connectivity index (χ3n) is 15.6. The molecule has 4 fully saturated rings. The highest BCUT2D eigenvalue weighted by atomic mass is 32.1. The molecular formula is C41H62N2O6S. The van der Waals surface area contributed by atoms with Gasteiger partial charge in [-0.25, -0.2) is 4.98 Å². The quantitative estimate of drug-likeness (QED) is 0.209. The summed E-state index contributed by atoms with van der Waals surface area (Å²) in [5.74, 6) is 0.0829. The molecule has 6 rings (SSSR count). The average Bonchev–Trinajstić information content (AvgIpc) is 3.64. The second-order valence-electron chi connectivity index (χ2n) is 19.2. The fourth-order valence-electron chi connectivity index (χ4n) is 12.8. The van der Waals surface area contributed by atoms with E-state index in [-0.39, 0.29) is 51.8 Å². The number of aliphatic hydroxyl groups excluding tert-OH is 1. The van der Waals surface area contributed by atoms with Crippen LogP contribution in [0.4, 0.5) is 0 Å². The number of carbonyl (C=O) groups is 3. The van der Waals surface area contributed by atoms with E-state index >= 15 is 0 Å². The maximum atomic E-state index is 14.0. The number of nitrogens with zero attached hydrogens (tertiary/aromatic N) is 1. The fourth-order valence-corrected chi connectivity index (χ4v) is 13.3. The van der Waals surface area contributed by atoms with Gasteiger partial charge in [-0.2, -0.15) is 0 Å². The largest absolute Gasteiger partial charge is 0.481 e. The predicted octanol–water partition coefficient (Wildman–Crippen LogP) is 7.99. The maximum absolute atomic E-state index is 14.0. The van der Waals surface area contributed by atoms with Crippen molar-refractivity contribution < 1.29 is 29.3 Å². The molecule has 0 amide bonds.